The first-order chi connectivity index (χ1) is 8.50. The highest BCUT2D eigenvalue weighted by Crippen LogP contribution is 2.29. The Balaban J connectivity index is 2.48. The summed E-state index contributed by atoms with van der Waals surface area (Å²) in [5.41, 5.74) is 9.07. The molecular weight excluding hydrogens is 228 g/mol. The van der Waals surface area contributed by atoms with Gasteiger partial charge in [0, 0.05) is 12.8 Å². The van der Waals surface area contributed by atoms with E-state index in [-0.39, 0.29) is 11.8 Å². The molecule has 1 heterocycles. The lowest BCUT2D eigenvalue weighted by Crippen LogP contribution is -2.35. The summed E-state index contributed by atoms with van der Waals surface area (Å²) in [6.45, 7) is 3.91. The number of hydrogen-bond donors (Lipinski definition) is 1. The van der Waals surface area contributed by atoms with E-state index in [9.17, 15) is 9.59 Å². The number of carbonyl (C=O) groups excluding carboxylic acids is 2. The Morgan fingerprint density at radius 1 is 1.00 bits per heavy atom. The Bertz CT molecular complexity index is 491. The molecule has 4 nitrogen and oxygen atoms in total. The molecule has 1 saturated heterocycles. The minimum absolute atomic E-state index is 0.146. The van der Waals surface area contributed by atoms with E-state index in [1.807, 2.05) is 26.0 Å². The normalized spacial score (nSPS) is 16.9. The van der Waals surface area contributed by atoms with Gasteiger partial charge in [0.1, 0.15) is 0 Å². The largest absolute Gasteiger partial charge is 0.397 e. The van der Waals surface area contributed by atoms with Crippen molar-refractivity contribution in [1.82, 2.24) is 0 Å². The maximum atomic E-state index is 12.0. The number of nitrogen functional groups attached to an aromatic ring is 1. The molecule has 18 heavy (non-hydrogen) atoms. The highest BCUT2D eigenvalue weighted by Gasteiger charge is 2.27. The van der Waals surface area contributed by atoms with Gasteiger partial charge in [-0.05, 0) is 49.9 Å². The highest BCUT2D eigenvalue weighted by atomic mass is 16.2. The van der Waals surface area contributed by atoms with Crippen molar-refractivity contribution >= 4 is 23.2 Å². The first-order valence-electron chi connectivity index (χ1n) is 6.23. The van der Waals surface area contributed by atoms with Gasteiger partial charge >= 0.3 is 0 Å². The van der Waals surface area contributed by atoms with E-state index >= 15 is 0 Å². The van der Waals surface area contributed by atoms with E-state index in [0.717, 1.165) is 24.0 Å². The van der Waals surface area contributed by atoms with Gasteiger partial charge in [-0.2, -0.15) is 0 Å². The van der Waals surface area contributed by atoms with Crippen LogP contribution in [0.3, 0.4) is 0 Å². The van der Waals surface area contributed by atoms with Crippen molar-refractivity contribution in [3.63, 3.8) is 0 Å². The van der Waals surface area contributed by atoms with Crippen molar-refractivity contribution < 1.29 is 9.59 Å². The number of anilines is 2. The lowest BCUT2D eigenvalue weighted by atomic mass is 10.1. The van der Waals surface area contributed by atoms with Gasteiger partial charge in [-0.3, -0.25) is 9.59 Å². The maximum absolute atomic E-state index is 12.0. The van der Waals surface area contributed by atoms with Gasteiger partial charge in [-0.15, -0.1) is 0 Å². The fraction of sp³-hybridized carbons (Fsp3) is 0.429. The summed E-state index contributed by atoms with van der Waals surface area (Å²) in [7, 11) is 0. The van der Waals surface area contributed by atoms with Gasteiger partial charge in [-0.1, -0.05) is 0 Å². The highest BCUT2D eigenvalue weighted by molar-refractivity contribution is 6.16. The van der Waals surface area contributed by atoms with Gasteiger partial charge in [0.05, 0.1) is 11.4 Å². The van der Waals surface area contributed by atoms with E-state index in [0.29, 0.717) is 24.2 Å². The molecule has 0 saturated carbocycles. The predicted molar refractivity (Wildman–Crippen MR) is 71.3 cm³/mol. The second-order valence-corrected chi connectivity index (χ2v) is 4.83. The molecule has 0 aliphatic carbocycles. The maximum Gasteiger partial charge on any atom is 0.233 e. The van der Waals surface area contributed by atoms with Crippen molar-refractivity contribution in [2.24, 2.45) is 0 Å². The minimum atomic E-state index is -0.146. The van der Waals surface area contributed by atoms with Crippen LogP contribution in [-0.4, -0.2) is 11.8 Å². The molecule has 1 aliphatic heterocycles. The van der Waals surface area contributed by atoms with Crippen LogP contribution in [-0.2, 0) is 9.59 Å². The zero-order valence-corrected chi connectivity index (χ0v) is 10.8. The molecule has 1 aromatic rings. The third-order valence-electron chi connectivity index (χ3n) is 3.41. The molecule has 4 heteroatoms. The van der Waals surface area contributed by atoms with Crippen LogP contribution < -0.4 is 10.6 Å². The van der Waals surface area contributed by atoms with Crippen LogP contribution in [0.25, 0.3) is 0 Å². The Kier molecular flexibility index (Phi) is 3.36. The van der Waals surface area contributed by atoms with Crippen molar-refractivity contribution in [2.75, 3.05) is 10.6 Å². The smallest absolute Gasteiger partial charge is 0.233 e. The molecule has 0 atom stereocenters. The number of nitrogens with two attached hydrogens (primary N) is 1. The lowest BCUT2D eigenvalue weighted by molar-refractivity contribution is -0.125. The van der Waals surface area contributed by atoms with E-state index in [4.69, 9.17) is 5.73 Å². The van der Waals surface area contributed by atoms with E-state index < -0.39 is 0 Å². The topological polar surface area (TPSA) is 63.4 Å². The zero-order valence-electron chi connectivity index (χ0n) is 10.8. The van der Waals surface area contributed by atoms with Crippen LogP contribution >= 0.6 is 0 Å². The molecule has 2 N–H and O–H groups in total. The van der Waals surface area contributed by atoms with Crippen molar-refractivity contribution in [1.29, 1.82) is 0 Å². The van der Waals surface area contributed by atoms with Crippen LogP contribution in [0.1, 0.15) is 36.8 Å². The molecule has 0 aromatic heterocycles. The molecule has 0 unspecified atom stereocenters. The van der Waals surface area contributed by atoms with Gasteiger partial charge in [0.25, 0.3) is 0 Å². The number of hydrogen-bond acceptors (Lipinski definition) is 3. The average Bonchev–Trinajstić information content (AvgIpc) is 2.46. The van der Waals surface area contributed by atoms with Crippen LogP contribution in [0.15, 0.2) is 12.1 Å². The lowest BCUT2D eigenvalue weighted by Gasteiger charge is -2.21. The van der Waals surface area contributed by atoms with Crippen molar-refractivity contribution in [3.05, 3.63) is 23.3 Å². The van der Waals surface area contributed by atoms with E-state index in [1.165, 1.54) is 4.90 Å². The number of amides is 2. The fourth-order valence-corrected chi connectivity index (χ4v) is 2.20. The molecule has 96 valence electrons. The van der Waals surface area contributed by atoms with Crippen LogP contribution in [0.5, 0.6) is 0 Å². The number of nitrogens with zero attached hydrogens (tertiary/aromatic N) is 1. The third kappa shape index (κ3) is 2.23. The second kappa shape index (κ2) is 4.80. The van der Waals surface area contributed by atoms with Gasteiger partial charge in [-0.25, -0.2) is 4.90 Å². The van der Waals surface area contributed by atoms with Crippen molar-refractivity contribution in [2.45, 2.75) is 39.5 Å². The van der Waals surface area contributed by atoms with Crippen LogP contribution in [0.2, 0.25) is 0 Å². The quantitative estimate of drug-likeness (QED) is 0.611. The molecule has 0 spiro atoms. The predicted octanol–water partition coefficient (Wildman–Crippen LogP) is 2.32. The Hall–Kier alpha value is -1.84. The minimum Gasteiger partial charge on any atom is -0.397 e. The van der Waals surface area contributed by atoms with Gasteiger partial charge in [0.2, 0.25) is 11.8 Å². The summed E-state index contributed by atoms with van der Waals surface area (Å²) in [6, 6.07) is 3.64. The Labute approximate surface area is 107 Å². The average molecular weight is 246 g/mol. The molecule has 0 bridgehead atoms. The van der Waals surface area contributed by atoms with Gasteiger partial charge in [0.15, 0.2) is 0 Å². The number of benzene rings is 1. The molecule has 1 fully saturated rings. The molecular formula is C14H18N2O2. The van der Waals surface area contributed by atoms with Crippen LogP contribution in [0, 0.1) is 13.8 Å². The molecule has 2 rings (SSSR count). The van der Waals surface area contributed by atoms with E-state index in [1.54, 1.807) is 0 Å². The van der Waals surface area contributed by atoms with Crippen LogP contribution in [0.4, 0.5) is 11.4 Å². The summed E-state index contributed by atoms with van der Waals surface area (Å²) < 4.78 is 0. The number of aryl methyl sites for hydroxylation is 2. The first-order valence-corrected chi connectivity index (χ1v) is 6.23. The zero-order chi connectivity index (χ0) is 13.3. The number of imide groups is 1. The summed E-state index contributed by atoms with van der Waals surface area (Å²) in [5, 5.41) is 0. The fourth-order valence-electron chi connectivity index (χ4n) is 2.20. The monoisotopic (exact) mass is 246 g/mol. The second-order valence-electron chi connectivity index (χ2n) is 4.83. The summed E-state index contributed by atoms with van der Waals surface area (Å²) in [4.78, 5) is 25.3. The number of carbonyl (C=O) groups is 2. The molecule has 2 amide bonds. The summed E-state index contributed by atoms with van der Waals surface area (Å²) in [6.07, 6.45) is 2.37. The first kappa shape index (κ1) is 12.6. The molecule has 0 radical (unpaired) electrons. The van der Waals surface area contributed by atoms with Crippen molar-refractivity contribution in [3.8, 4) is 0 Å². The Morgan fingerprint density at radius 2 is 1.50 bits per heavy atom. The summed E-state index contributed by atoms with van der Waals surface area (Å²) in [5.74, 6) is -0.292. The SMILES string of the molecule is Cc1cc(N)c(N2C(=O)CCCCC2=O)cc1C. The van der Waals surface area contributed by atoms with E-state index in [2.05, 4.69) is 0 Å². The standard InChI is InChI=1S/C14H18N2O2/c1-9-7-11(15)12(8-10(9)2)16-13(17)5-3-4-6-14(16)18/h7-8H,3-6,15H2,1-2H3. The third-order valence-corrected chi connectivity index (χ3v) is 3.41. The summed E-state index contributed by atoms with van der Waals surface area (Å²) >= 11 is 0. The Morgan fingerprint density at radius 3 is 2.06 bits per heavy atom. The molecule has 1 aliphatic rings. The van der Waals surface area contributed by atoms with Gasteiger partial charge < -0.3 is 5.73 Å². The molecule has 1 aromatic carbocycles. The number of rotatable bonds is 1.